The molecule has 1 rings (SSSR count). The summed E-state index contributed by atoms with van der Waals surface area (Å²) in [4.78, 5) is 0. The molecule has 0 aliphatic heterocycles. The number of alkyl halides is 1. The molecule has 1 heterocycles. The van der Waals surface area contributed by atoms with Gasteiger partial charge < -0.3 is 4.74 Å². The van der Waals surface area contributed by atoms with E-state index in [1.165, 1.54) is 0 Å². The van der Waals surface area contributed by atoms with Gasteiger partial charge in [0.15, 0.2) is 0 Å². The van der Waals surface area contributed by atoms with Crippen LogP contribution in [0.5, 0.6) is 5.88 Å². The lowest BCUT2D eigenvalue weighted by Crippen LogP contribution is -1.97. The van der Waals surface area contributed by atoms with E-state index in [9.17, 15) is 0 Å². The van der Waals surface area contributed by atoms with Gasteiger partial charge in [-0.15, -0.1) is 16.7 Å². The largest absolute Gasteiger partial charge is 0.480 e. The van der Waals surface area contributed by atoms with Crippen molar-refractivity contribution in [3.8, 4) is 5.88 Å². The minimum absolute atomic E-state index is 0.0311. The summed E-state index contributed by atoms with van der Waals surface area (Å²) in [5, 5.41) is 4.03. The van der Waals surface area contributed by atoms with Gasteiger partial charge in [0.05, 0.1) is 18.2 Å². The Morgan fingerprint density at radius 3 is 2.64 bits per heavy atom. The Kier molecular flexibility index (Phi) is 2.39. The van der Waals surface area contributed by atoms with Crippen molar-refractivity contribution in [2.75, 3.05) is 7.11 Å². The molecular formula is C7H11ClN2O. The summed E-state index contributed by atoms with van der Waals surface area (Å²) >= 11 is 5.86. The number of nitrogens with zero attached hydrogens (tertiary/aromatic N) is 2. The van der Waals surface area contributed by atoms with Gasteiger partial charge in [0.2, 0.25) is 5.88 Å². The highest BCUT2D eigenvalue weighted by Gasteiger charge is 2.09. The smallest absolute Gasteiger partial charge is 0.232 e. The molecule has 62 valence electrons. The van der Waals surface area contributed by atoms with Crippen LogP contribution in [0.25, 0.3) is 0 Å². The molecule has 0 amide bonds. The van der Waals surface area contributed by atoms with E-state index in [1.807, 2.05) is 20.0 Å². The number of hydrogen-bond acceptors (Lipinski definition) is 2. The molecule has 0 saturated carbocycles. The van der Waals surface area contributed by atoms with E-state index in [1.54, 1.807) is 11.8 Å². The zero-order valence-electron chi connectivity index (χ0n) is 6.84. The second-order valence-electron chi connectivity index (χ2n) is 2.35. The highest BCUT2D eigenvalue weighted by molar-refractivity contribution is 6.20. The van der Waals surface area contributed by atoms with E-state index in [-0.39, 0.29) is 5.38 Å². The van der Waals surface area contributed by atoms with E-state index in [4.69, 9.17) is 16.3 Å². The predicted molar refractivity (Wildman–Crippen MR) is 44.0 cm³/mol. The minimum Gasteiger partial charge on any atom is -0.480 e. The van der Waals surface area contributed by atoms with Crippen molar-refractivity contribution in [3.05, 3.63) is 11.8 Å². The topological polar surface area (TPSA) is 27.1 Å². The maximum atomic E-state index is 5.86. The molecule has 0 radical (unpaired) electrons. The third-order valence-corrected chi connectivity index (χ3v) is 1.73. The normalized spacial score (nSPS) is 13.1. The minimum atomic E-state index is -0.0311. The van der Waals surface area contributed by atoms with Crippen molar-refractivity contribution in [1.29, 1.82) is 0 Å². The molecule has 0 aliphatic rings. The molecule has 0 fully saturated rings. The Morgan fingerprint density at radius 2 is 2.36 bits per heavy atom. The third-order valence-electron chi connectivity index (χ3n) is 1.51. The number of aromatic nitrogens is 2. The van der Waals surface area contributed by atoms with Crippen molar-refractivity contribution >= 4 is 11.6 Å². The van der Waals surface area contributed by atoms with Crippen molar-refractivity contribution in [3.63, 3.8) is 0 Å². The lowest BCUT2D eigenvalue weighted by atomic mass is 10.3. The lowest BCUT2D eigenvalue weighted by Gasteiger charge is -2.00. The van der Waals surface area contributed by atoms with Gasteiger partial charge >= 0.3 is 0 Å². The fraction of sp³-hybridized carbons (Fsp3) is 0.571. The Bertz CT molecular complexity index is 245. The lowest BCUT2D eigenvalue weighted by molar-refractivity contribution is 0.392. The Hall–Kier alpha value is -0.700. The van der Waals surface area contributed by atoms with Gasteiger partial charge in [-0.05, 0) is 6.92 Å². The summed E-state index contributed by atoms with van der Waals surface area (Å²) in [5.74, 6) is 0.606. The predicted octanol–water partition coefficient (Wildman–Crippen LogP) is 1.73. The molecule has 0 saturated heterocycles. The second-order valence-corrected chi connectivity index (χ2v) is 3.01. The van der Waals surface area contributed by atoms with Gasteiger partial charge in [-0.25, -0.2) is 0 Å². The van der Waals surface area contributed by atoms with Crippen LogP contribution in [-0.2, 0) is 7.05 Å². The van der Waals surface area contributed by atoms with Crippen LogP contribution in [0.2, 0.25) is 0 Å². The van der Waals surface area contributed by atoms with Crippen LogP contribution in [0.1, 0.15) is 18.0 Å². The maximum Gasteiger partial charge on any atom is 0.232 e. The Labute approximate surface area is 70.9 Å². The average Bonchev–Trinajstić information content (AvgIpc) is 2.30. The van der Waals surface area contributed by atoms with E-state index in [0.717, 1.165) is 5.69 Å². The Balaban J connectivity index is 2.97. The molecule has 0 aliphatic carbocycles. The Morgan fingerprint density at radius 1 is 1.73 bits per heavy atom. The van der Waals surface area contributed by atoms with Crippen molar-refractivity contribution in [2.24, 2.45) is 7.05 Å². The molecule has 0 bridgehead atoms. The van der Waals surface area contributed by atoms with Gasteiger partial charge in [0.25, 0.3) is 0 Å². The summed E-state index contributed by atoms with van der Waals surface area (Å²) in [5.41, 5.74) is 0.962. The van der Waals surface area contributed by atoms with Crippen LogP contribution >= 0.6 is 11.6 Å². The monoisotopic (exact) mass is 174 g/mol. The average molecular weight is 175 g/mol. The first-order chi connectivity index (χ1) is 5.15. The SMILES string of the molecule is COc1cc([C@H](C)Cl)n(C)n1. The van der Waals surface area contributed by atoms with Crippen LogP contribution in [0, 0.1) is 0 Å². The van der Waals surface area contributed by atoms with Gasteiger partial charge in [-0.2, -0.15) is 0 Å². The first kappa shape index (κ1) is 8.40. The van der Waals surface area contributed by atoms with Crippen LogP contribution in [-0.4, -0.2) is 16.9 Å². The number of rotatable bonds is 2. The van der Waals surface area contributed by atoms with Gasteiger partial charge in [0, 0.05) is 13.1 Å². The molecule has 0 aromatic carbocycles. The first-order valence-electron chi connectivity index (χ1n) is 3.37. The highest BCUT2D eigenvalue weighted by atomic mass is 35.5. The zero-order valence-corrected chi connectivity index (χ0v) is 7.59. The van der Waals surface area contributed by atoms with Crippen LogP contribution in [0.15, 0.2) is 6.07 Å². The second kappa shape index (κ2) is 3.13. The molecule has 11 heavy (non-hydrogen) atoms. The summed E-state index contributed by atoms with van der Waals surface area (Å²) in [6.07, 6.45) is 0. The fourth-order valence-electron chi connectivity index (χ4n) is 0.926. The van der Waals surface area contributed by atoms with Crippen LogP contribution in [0.4, 0.5) is 0 Å². The molecule has 1 aromatic rings. The molecule has 3 nitrogen and oxygen atoms in total. The van der Waals surface area contributed by atoms with E-state index < -0.39 is 0 Å². The van der Waals surface area contributed by atoms with Crippen molar-refractivity contribution < 1.29 is 4.74 Å². The number of hydrogen-bond donors (Lipinski definition) is 0. The summed E-state index contributed by atoms with van der Waals surface area (Å²) in [6.45, 7) is 1.90. The number of halogens is 1. The van der Waals surface area contributed by atoms with Crippen molar-refractivity contribution in [2.45, 2.75) is 12.3 Å². The summed E-state index contributed by atoms with van der Waals surface area (Å²) in [7, 11) is 3.43. The first-order valence-corrected chi connectivity index (χ1v) is 3.80. The quantitative estimate of drug-likeness (QED) is 0.639. The maximum absolute atomic E-state index is 5.86. The molecule has 0 unspecified atom stereocenters. The van der Waals surface area contributed by atoms with Gasteiger partial charge in [-0.3, -0.25) is 4.68 Å². The van der Waals surface area contributed by atoms with Gasteiger partial charge in [0.1, 0.15) is 0 Å². The molecule has 0 N–H and O–H groups in total. The molecule has 4 heteroatoms. The molecule has 0 spiro atoms. The van der Waals surface area contributed by atoms with Crippen molar-refractivity contribution in [1.82, 2.24) is 9.78 Å². The van der Waals surface area contributed by atoms with Gasteiger partial charge in [-0.1, -0.05) is 0 Å². The van der Waals surface area contributed by atoms with E-state index in [0.29, 0.717) is 5.88 Å². The fourth-order valence-corrected chi connectivity index (χ4v) is 1.13. The van der Waals surface area contributed by atoms with Crippen LogP contribution < -0.4 is 4.74 Å². The molecule has 1 atom stereocenters. The summed E-state index contributed by atoms with van der Waals surface area (Å²) < 4.78 is 6.65. The number of methoxy groups -OCH3 is 1. The number of ether oxygens (including phenoxy) is 1. The van der Waals surface area contributed by atoms with E-state index >= 15 is 0 Å². The zero-order chi connectivity index (χ0) is 8.43. The molecular weight excluding hydrogens is 164 g/mol. The summed E-state index contributed by atoms with van der Waals surface area (Å²) in [6, 6.07) is 1.83. The standard InChI is InChI=1S/C7H11ClN2O/c1-5(8)6-4-7(11-3)9-10(6)2/h4-5H,1-3H3/t5-/m0/s1. The van der Waals surface area contributed by atoms with E-state index in [2.05, 4.69) is 5.10 Å². The van der Waals surface area contributed by atoms with Crippen LogP contribution in [0.3, 0.4) is 0 Å². The number of aryl methyl sites for hydroxylation is 1. The highest BCUT2D eigenvalue weighted by Crippen LogP contribution is 2.21. The molecule has 1 aromatic heterocycles. The third kappa shape index (κ3) is 1.66.